The Balaban J connectivity index is 1.66. The van der Waals surface area contributed by atoms with Crippen LogP contribution < -0.4 is 4.74 Å². The van der Waals surface area contributed by atoms with Crippen LogP contribution in [-0.2, 0) is 19.2 Å². The van der Waals surface area contributed by atoms with E-state index in [2.05, 4.69) is 9.37 Å². The number of hydrogen-bond acceptors (Lipinski definition) is 7. The molecule has 0 aliphatic rings. The van der Waals surface area contributed by atoms with E-state index in [1.54, 1.807) is 24.3 Å². The number of sulfone groups is 1. The zero-order valence-electron chi connectivity index (χ0n) is 16.1. The molecule has 4 aromatic carbocycles. The maximum atomic E-state index is 13.0. The summed E-state index contributed by atoms with van der Waals surface area (Å²) in [6, 6.07) is 21.3. The van der Waals surface area contributed by atoms with Crippen molar-refractivity contribution in [2.24, 2.45) is 0 Å². The summed E-state index contributed by atoms with van der Waals surface area (Å²) in [6.45, 7) is 0. The molecular weight excluding hydrogens is 495 g/mol. The van der Waals surface area contributed by atoms with Crippen molar-refractivity contribution in [2.75, 3.05) is 0 Å². The van der Waals surface area contributed by atoms with E-state index in [0.717, 1.165) is 22.8 Å². The van der Waals surface area contributed by atoms with Crippen LogP contribution in [0.25, 0.3) is 10.8 Å². The fourth-order valence-corrected chi connectivity index (χ4v) is 5.66. The Morgan fingerprint density at radius 3 is 2.31 bits per heavy atom. The van der Waals surface area contributed by atoms with Crippen molar-refractivity contribution in [1.29, 1.82) is 0 Å². The van der Waals surface area contributed by atoms with Crippen molar-refractivity contribution in [2.45, 2.75) is 14.7 Å². The maximum absolute atomic E-state index is 13.0. The minimum absolute atomic E-state index is 0.0525. The van der Waals surface area contributed by atoms with Crippen molar-refractivity contribution in [3.63, 3.8) is 0 Å². The average Bonchev–Trinajstić information content (AvgIpc) is 2.79. The maximum Gasteiger partial charge on any atom is 0.208 e. The first-order chi connectivity index (χ1) is 15.4. The van der Waals surface area contributed by atoms with Gasteiger partial charge in [-0.25, -0.2) is 13.7 Å². The van der Waals surface area contributed by atoms with Gasteiger partial charge in [-0.3, -0.25) is 0 Å². The van der Waals surface area contributed by atoms with Crippen LogP contribution in [0.1, 0.15) is 0 Å². The molecule has 0 fully saturated rings. The van der Waals surface area contributed by atoms with E-state index in [9.17, 15) is 8.42 Å². The van der Waals surface area contributed by atoms with Gasteiger partial charge < -0.3 is 4.74 Å². The van der Waals surface area contributed by atoms with E-state index in [1.165, 1.54) is 30.3 Å². The van der Waals surface area contributed by atoms with Gasteiger partial charge in [-0.2, -0.15) is 0 Å². The van der Waals surface area contributed by atoms with Gasteiger partial charge in [0.25, 0.3) is 0 Å². The van der Waals surface area contributed by atoms with Crippen LogP contribution in [0.4, 0.5) is 0 Å². The summed E-state index contributed by atoms with van der Waals surface area (Å²) in [6.07, 6.45) is 0. The Morgan fingerprint density at radius 1 is 0.875 bits per heavy atom. The highest BCUT2D eigenvalue weighted by Gasteiger charge is 2.21. The lowest BCUT2D eigenvalue weighted by Crippen LogP contribution is -2.03. The van der Waals surface area contributed by atoms with Gasteiger partial charge in [-0.15, -0.1) is 4.33 Å². The van der Waals surface area contributed by atoms with Crippen molar-refractivity contribution in [1.82, 2.24) is 0 Å². The highest BCUT2D eigenvalue weighted by molar-refractivity contribution is 7.94. The summed E-state index contributed by atoms with van der Waals surface area (Å²) < 4.78 is 36.5. The molecule has 6 nitrogen and oxygen atoms in total. The number of rotatable bonds is 7. The molecule has 32 heavy (non-hydrogen) atoms. The molecule has 0 aromatic heterocycles. The van der Waals surface area contributed by atoms with Gasteiger partial charge in [0, 0.05) is 10.4 Å². The smallest absolute Gasteiger partial charge is 0.208 e. The first-order valence-corrected chi connectivity index (χ1v) is 12.0. The topological polar surface area (TPSA) is 82.1 Å². The van der Waals surface area contributed by atoms with Crippen LogP contribution in [0.3, 0.4) is 0 Å². The number of benzene rings is 4. The summed E-state index contributed by atoms with van der Waals surface area (Å²) in [7, 11) is -3.86. The highest BCUT2D eigenvalue weighted by atomic mass is 35.5. The average molecular weight is 509 g/mol. The van der Waals surface area contributed by atoms with Gasteiger partial charge in [0.2, 0.25) is 9.84 Å². The monoisotopic (exact) mass is 508 g/mol. The lowest BCUT2D eigenvalue weighted by Gasteiger charge is -2.12. The molecule has 0 bridgehead atoms. The minimum atomic E-state index is -3.86. The largest absolute Gasteiger partial charge is 0.457 e. The molecule has 0 aliphatic carbocycles. The van der Waals surface area contributed by atoms with Crippen LogP contribution in [0.5, 0.6) is 11.5 Å². The quantitative estimate of drug-likeness (QED) is 0.160. The second-order valence-corrected chi connectivity index (χ2v) is 9.99. The lowest BCUT2D eigenvalue weighted by atomic mass is 10.1. The number of hydrogen-bond donors (Lipinski definition) is 1. The molecular formula is C22H14Cl2O6S2. The van der Waals surface area contributed by atoms with Crippen LogP contribution in [0.15, 0.2) is 93.5 Å². The van der Waals surface area contributed by atoms with E-state index in [1.807, 2.05) is 24.3 Å². The van der Waals surface area contributed by atoms with E-state index in [0.29, 0.717) is 16.4 Å². The Labute approximate surface area is 198 Å². The van der Waals surface area contributed by atoms with Crippen molar-refractivity contribution in [3.05, 3.63) is 88.9 Å². The molecule has 0 saturated heterocycles. The van der Waals surface area contributed by atoms with E-state index < -0.39 is 9.84 Å². The standard InChI is InChI=1S/C22H14Cl2O6S2/c23-15-7-12-18(24)21(13-15)32(26,27)17-10-8-16(9-11-17)28-19-5-1-3-14-4-2-6-20(22(14)19)31-30-29-25/h1-13,25H. The van der Waals surface area contributed by atoms with Gasteiger partial charge >= 0.3 is 0 Å². The van der Waals surface area contributed by atoms with Gasteiger partial charge in [0.05, 0.1) is 31.8 Å². The van der Waals surface area contributed by atoms with Crippen molar-refractivity contribution in [3.8, 4) is 11.5 Å². The summed E-state index contributed by atoms with van der Waals surface area (Å²) in [5.41, 5.74) is 0. The molecule has 0 radical (unpaired) electrons. The Kier molecular flexibility index (Phi) is 6.92. The third kappa shape index (κ3) is 4.72. The number of fused-ring (bicyclic) bond motifs is 1. The molecule has 0 spiro atoms. The van der Waals surface area contributed by atoms with Gasteiger partial charge in [0.15, 0.2) is 0 Å². The summed E-state index contributed by atoms with van der Waals surface area (Å²) >= 11 is 12.8. The summed E-state index contributed by atoms with van der Waals surface area (Å²) in [5, 5.41) is 14.1. The van der Waals surface area contributed by atoms with Gasteiger partial charge in [-0.1, -0.05) is 52.5 Å². The first-order valence-electron chi connectivity index (χ1n) is 9.05. The van der Waals surface area contributed by atoms with Crippen LogP contribution in [0, 0.1) is 0 Å². The molecule has 4 rings (SSSR count). The highest BCUT2D eigenvalue weighted by Crippen LogP contribution is 2.38. The third-order valence-electron chi connectivity index (χ3n) is 4.53. The Morgan fingerprint density at radius 2 is 1.59 bits per heavy atom. The summed E-state index contributed by atoms with van der Waals surface area (Å²) in [4.78, 5) is 0.640. The molecule has 0 atom stereocenters. The van der Waals surface area contributed by atoms with Crippen LogP contribution >= 0.6 is 35.2 Å². The van der Waals surface area contributed by atoms with E-state index >= 15 is 0 Å². The molecule has 0 heterocycles. The SMILES string of the molecule is O=S(=O)(c1ccc(Oc2cccc3cccc(SOOO)c23)cc1)c1cc(Cl)ccc1Cl. The van der Waals surface area contributed by atoms with Gasteiger partial charge in [0.1, 0.15) is 11.5 Å². The van der Waals surface area contributed by atoms with Crippen LogP contribution in [-0.4, -0.2) is 13.7 Å². The Hall–Kier alpha value is -2.30. The fourth-order valence-electron chi connectivity index (χ4n) is 3.10. The Bertz CT molecular complexity index is 1370. The second-order valence-electron chi connectivity index (χ2n) is 6.49. The lowest BCUT2D eigenvalue weighted by molar-refractivity contribution is -0.432. The minimum Gasteiger partial charge on any atom is -0.457 e. The molecule has 10 heteroatoms. The third-order valence-corrected chi connectivity index (χ3v) is 7.66. The second kappa shape index (κ2) is 9.68. The first kappa shape index (κ1) is 22.9. The fraction of sp³-hybridized carbons (Fsp3) is 0. The number of halogens is 2. The zero-order chi connectivity index (χ0) is 22.7. The van der Waals surface area contributed by atoms with E-state index in [4.69, 9.17) is 33.2 Å². The summed E-state index contributed by atoms with van der Waals surface area (Å²) in [5.74, 6) is 0.938. The van der Waals surface area contributed by atoms with E-state index in [-0.39, 0.29) is 19.8 Å². The molecule has 0 saturated carbocycles. The molecule has 0 amide bonds. The normalized spacial score (nSPS) is 11.6. The molecule has 4 aromatic rings. The molecule has 0 aliphatic heterocycles. The van der Waals surface area contributed by atoms with Crippen LogP contribution in [0.2, 0.25) is 10.0 Å². The predicted molar refractivity (Wildman–Crippen MR) is 123 cm³/mol. The molecule has 1 N–H and O–H groups in total. The number of ether oxygens (including phenoxy) is 1. The molecule has 164 valence electrons. The predicted octanol–water partition coefficient (Wildman–Crippen LogP) is 7.20. The van der Waals surface area contributed by atoms with Gasteiger partial charge in [-0.05, 0) is 60.0 Å². The molecule has 0 unspecified atom stereocenters. The van der Waals surface area contributed by atoms with Crippen molar-refractivity contribution < 1.29 is 27.8 Å². The van der Waals surface area contributed by atoms with Crippen molar-refractivity contribution >= 4 is 55.9 Å². The zero-order valence-corrected chi connectivity index (χ0v) is 19.2.